The van der Waals surface area contributed by atoms with E-state index in [1.807, 2.05) is 0 Å². The van der Waals surface area contributed by atoms with Crippen molar-refractivity contribution in [1.82, 2.24) is 0 Å². The van der Waals surface area contributed by atoms with Crippen molar-refractivity contribution in [2.75, 3.05) is 6.54 Å². The predicted molar refractivity (Wildman–Crippen MR) is 107 cm³/mol. The normalized spacial score (nSPS) is 18.8. The van der Waals surface area contributed by atoms with Gasteiger partial charge in [0.2, 0.25) is 0 Å². The Bertz CT molecular complexity index is 333. The summed E-state index contributed by atoms with van der Waals surface area (Å²) in [5.74, 6) is 0. The van der Waals surface area contributed by atoms with Gasteiger partial charge in [0.05, 0.1) is 0 Å². The number of hydrogen-bond donors (Lipinski definition) is 1. The Kier molecular flexibility index (Phi) is 8.98. The maximum absolute atomic E-state index is 6.77. The minimum Gasteiger partial charge on any atom is -0.437 e. The van der Waals surface area contributed by atoms with Gasteiger partial charge in [-0.2, -0.15) is 0 Å². The van der Waals surface area contributed by atoms with Crippen LogP contribution in [0.25, 0.3) is 0 Å². The summed E-state index contributed by atoms with van der Waals surface area (Å²) in [5.41, 5.74) is 5.73. The summed E-state index contributed by atoms with van der Waals surface area (Å²) in [7, 11) is -7.71. The lowest BCUT2D eigenvalue weighted by molar-refractivity contribution is 0.315. The summed E-state index contributed by atoms with van der Waals surface area (Å²) in [4.78, 5) is 0. The highest BCUT2D eigenvalue weighted by molar-refractivity contribution is 6.89. The molecule has 0 aliphatic rings. The van der Waals surface area contributed by atoms with Crippen LogP contribution in [0, 0.1) is 0 Å². The van der Waals surface area contributed by atoms with Crippen LogP contribution in [0.15, 0.2) is 0 Å². The first-order valence-electron chi connectivity index (χ1n) is 8.55. The summed E-state index contributed by atoms with van der Waals surface area (Å²) in [5, 5.41) is 0. The number of hydrogen-bond acceptors (Lipinski definition) is 4. The fraction of sp³-hybridized carbons (Fsp3) is 1.00. The van der Waals surface area contributed by atoms with Gasteiger partial charge in [-0.1, -0.05) is 13.3 Å². The zero-order chi connectivity index (χ0) is 17.7. The summed E-state index contributed by atoms with van der Waals surface area (Å²) in [6, 6.07) is 2.01. The van der Waals surface area contributed by atoms with Gasteiger partial charge in [0, 0.05) is 0 Å². The second kappa shape index (κ2) is 8.70. The van der Waals surface area contributed by atoms with Gasteiger partial charge in [0.1, 0.15) is 0 Å². The molecule has 0 saturated heterocycles. The molecule has 8 heteroatoms. The van der Waals surface area contributed by atoms with Gasteiger partial charge in [-0.25, -0.2) is 0 Å². The first-order chi connectivity index (χ1) is 9.74. The van der Waals surface area contributed by atoms with Crippen molar-refractivity contribution in [2.45, 2.75) is 84.2 Å². The van der Waals surface area contributed by atoms with Gasteiger partial charge in [0.15, 0.2) is 16.6 Å². The SMILES string of the molecule is CCC[Si](C)(O[Si](C)(C)C)O[Si](C)(CCCN)O[Si](C)(C)C. The molecule has 0 rings (SSSR count). The van der Waals surface area contributed by atoms with Crippen LogP contribution in [-0.2, 0) is 12.3 Å². The van der Waals surface area contributed by atoms with Crippen LogP contribution >= 0.6 is 0 Å². The molecule has 0 aromatic carbocycles. The molecule has 22 heavy (non-hydrogen) atoms. The van der Waals surface area contributed by atoms with Gasteiger partial charge in [0.25, 0.3) is 0 Å². The van der Waals surface area contributed by atoms with Crippen molar-refractivity contribution in [3.63, 3.8) is 0 Å². The number of nitrogens with two attached hydrogens (primary N) is 1. The molecule has 134 valence electrons. The molecular formula is C14H39NO3Si4. The van der Waals surface area contributed by atoms with Gasteiger partial charge >= 0.3 is 17.1 Å². The molecule has 0 saturated carbocycles. The molecule has 4 nitrogen and oxygen atoms in total. The van der Waals surface area contributed by atoms with E-state index in [1.165, 1.54) is 0 Å². The zero-order valence-electron chi connectivity index (χ0n) is 16.3. The van der Waals surface area contributed by atoms with Crippen molar-refractivity contribution in [1.29, 1.82) is 0 Å². The van der Waals surface area contributed by atoms with Crippen LogP contribution in [0.1, 0.15) is 19.8 Å². The van der Waals surface area contributed by atoms with Crippen LogP contribution in [0.3, 0.4) is 0 Å². The van der Waals surface area contributed by atoms with Gasteiger partial charge in [-0.3, -0.25) is 0 Å². The largest absolute Gasteiger partial charge is 0.437 e. The van der Waals surface area contributed by atoms with Crippen LogP contribution in [0.4, 0.5) is 0 Å². The van der Waals surface area contributed by atoms with E-state index in [1.54, 1.807) is 0 Å². The van der Waals surface area contributed by atoms with E-state index in [4.69, 9.17) is 18.1 Å². The van der Waals surface area contributed by atoms with Crippen LogP contribution < -0.4 is 5.73 Å². The maximum Gasteiger partial charge on any atom is 0.315 e. The Hall–Kier alpha value is 0.708. The molecule has 0 heterocycles. The quantitative estimate of drug-likeness (QED) is 0.531. The number of rotatable bonds is 11. The lowest BCUT2D eigenvalue weighted by Crippen LogP contribution is -2.58. The Labute approximate surface area is 142 Å². The molecule has 0 fully saturated rings. The smallest absolute Gasteiger partial charge is 0.315 e. The van der Waals surface area contributed by atoms with E-state index in [2.05, 4.69) is 59.3 Å². The van der Waals surface area contributed by atoms with E-state index >= 15 is 0 Å². The highest BCUT2D eigenvalue weighted by atomic mass is 28.5. The highest BCUT2D eigenvalue weighted by Crippen LogP contribution is 2.30. The van der Waals surface area contributed by atoms with Crippen LogP contribution in [-0.4, -0.2) is 40.3 Å². The zero-order valence-corrected chi connectivity index (χ0v) is 20.3. The minimum atomic E-state index is -2.24. The molecule has 0 spiro atoms. The van der Waals surface area contributed by atoms with Crippen molar-refractivity contribution >= 4 is 33.8 Å². The van der Waals surface area contributed by atoms with Crippen molar-refractivity contribution in [3.8, 4) is 0 Å². The molecule has 0 amide bonds. The molecule has 0 bridgehead atoms. The van der Waals surface area contributed by atoms with Gasteiger partial charge in [-0.15, -0.1) is 0 Å². The Balaban J connectivity index is 5.26. The van der Waals surface area contributed by atoms with Crippen molar-refractivity contribution < 1.29 is 12.3 Å². The second-order valence-corrected chi connectivity index (χ2v) is 24.9. The summed E-state index contributed by atoms with van der Waals surface area (Å²) < 4.78 is 19.9. The lowest BCUT2D eigenvalue weighted by atomic mass is 10.5. The van der Waals surface area contributed by atoms with Gasteiger partial charge < -0.3 is 18.1 Å². The molecule has 2 N–H and O–H groups in total. The summed E-state index contributed by atoms with van der Waals surface area (Å²) >= 11 is 0. The summed E-state index contributed by atoms with van der Waals surface area (Å²) in [6.45, 7) is 20.8. The van der Waals surface area contributed by atoms with E-state index in [0.29, 0.717) is 6.54 Å². The second-order valence-electron chi connectivity index (χ2n) is 8.44. The van der Waals surface area contributed by atoms with Crippen LogP contribution in [0.2, 0.25) is 64.5 Å². The predicted octanol–water partition coefficient (Wildman–Crippen LogP) is 4.61. The van der Waals surface area contributed by atoms with Crippen molar-refractivity contribution in [3.05, 3.63) is 0 Å². The minimum absolute atomic E-state index is 0.696. The van der Waals surface area contributed by atoms with E-state index in [9.17, 15) is 0 Å². The molecule has 0 aliphatic heterocycles. The average Bonchev–Trinajstić information content (AvgIpc) is 2.20. The molecule has 0 aromatic heterocycles. The Morgan fingerprint density at radius 1 is 0.682 bits per heavy atom. The fourth-order valence-electron chi connectivity index (χ4n) is 2.88. The third-order valence-corrected chi connectivity index (χ3v) is 17.5. The topological polar surface area (TPSA) is 53.7 Å². The molecule has 2 unspecified atom stereocenters. The molecular weight excluding hydrogens is 343 g/mol. The van der Waals surface area contributed by atoms with E-state index in [-0.39, 0.29) is 0 Å². The van der Waals surface area contributed by atoms with Crippen LogP contribution in [0.5, 0.6) is 0 Å². The lowest BCUT2D eigenvalue weighted by Gasteiger charge is -2.42. The van der Waals surface area contributed by atoms with Gasteiger partial charge in [-0.05, 0) is 77.4 Å². The standard InChI is InChI=1S/C14H39NO3Si4/c1-10-13-21(8,16-19(2,3)4)18-22(9,14-11-12-15)17-20(5,6)7/h10-15H2,1-9H3. The third-order valence-electron chi connectivity index (χ3n) is 3.02. The summed E-state index contributed by atoms with van der Waals surface area (Å²) in [6.07, 6.45) is 2.07. The fourth-order valence-corrected chi connectivity index (χ4v) is 21.4. The maximum atomic E-state index is 6.77. The monoisotopic (exact) mass is 381 g/mol. The first-order valence-corrected chi connectivity index (χ1v) is 20.4. The molecule has 0 aromatic rings. The Morgan fingerprint density at radius 3 is 1.41 bits per heavy atom. The Morgan fingerprint density at radius 2 is 1.09 bits per heavy atom. The van der Waals surface area contributed by atoms with E-state index < -0.39 is 33.8 Å². The van der Waals surface area contributed by atoms with E-state index in [0.717, 1.165) is 24.9 Å². The molecule has 0 radical (unpaired) electrons. The molecule has 0 aliphatic carbocycles. The molecule has 2 atom stereocenters. The van der Waals surface area contributed by atoms with Crippen molar-refractivity contribution in [2.24, 2.45) is 5.73 Å². The third kappa shape index (κ3) is 10.5. The average molecular weight is 382 g/mol. The first kappa shape index (κ1) is 22.7. The highest BCUT2D eigenvalue weighted by Gasteiger charge is 2.46.